The van der Waals surface area contributed by atoms with Crippen LogP contribution >= 0.6 is 0 Å². The molecule has 1 spiro atoms. The molecule has 0 unspecified atom stereocenters. The summed E-state index contributed by atoms with van der Waals surface area (Å²) >= 11 is 0. The van der Waals surface area contributed by atoms with Gasteiger partial charge in [0, 0.05) is 56.1 Å². The first-order chi connectivity index (χ1) is 24.5. The van der Waals surface area contributed by atoms with E-state index in [0.717, 1.165) is 38.3 Å². The Balaban J connectivity index is 0.000000820. The fourth-order valence-electron chi connectivity index (χ4n) is 4.64. The average Bonchev–Trinajstić information content (AvgIpc) is 3.58. The van der Waals surface area contributed by atoms with Gasteiger partial charge in [-0.25, -0.2) is 19.2 Å². The van der Waals surface area contributed by atoms with Crippen molar-refractivity contribution in [1.82, 2.24) is 19.8 Å². The van der Waals surface area contributed by atoms with E-state index in [1.54, 1.807) is 6.20 Å². The summed E-state index contributed by atoms with van der Waals surface area (Å²) in [6.07, 6.45) is -13.5. The van der Waals surface area contributed by atoms with Gasteiger partial charge in [-0.15, -0.1) is 0 Å². The molecule has 0 radical (unpaired) electrons. The van der Waals surface area contributed by atoms with Crippen LogP contribution in [0.2, 0.25) is 0 Å². The fourth-order valence-corrected chi connectivity index (χ4v) is 4.64. The first-order valence-corrected chi connectivity index (χ1v) is 14.5. The Kier molecular flexibility index (Phi) is 19.3. The molecule has 0 bridgehead atoms. The van der Waals surface area contributed by atoms with Gasteiger partial charge in [0.2, 0.25) is 0 Å². The molecule has 2 atom stereocenters. The molecule has 13 nitrogen and oxygen atoms in total. The van der Waals surface area contributed by atoms with Crippen molar-refractivity contribution in [3.05, 3.63) is 60.2 Å². The van der Waals surface area contributed by atoms with Crippen molar-refractivity contribution in [2.24, 2.45) is 11.3 Å². The summed E-state index contributed by atoms with van der Waals surface area (Å²) in [4.78, 5) is 49.3. The standard InChI is InChI=1S/C21H28N4O.4C2HF3O2/c1-24-12-19(15-26-14-18-5-4-8-22-11-18)21(16-24)7-10-25(17-21)13-20-6-2-3-9-23-20;4*3-2(4,5)1(6)7/h2-6,8-9,11,19H,7,10,12-17H2,1H3;4*(H,6,7)/t19-,21+;;;;/m0..../s1. The van der Waals surface area contributed by atoms with E-state index >= 15 is 0 Å². The van der Waals surface area contributed by atoms with Crippen LogP contribution in [0.15, 0.2) is 48.9 Å². The highest BCUT2D eigenvalue weighted by molar-refractivity contribution is 5.74. The van der Waals surface area contributed by atoms with Gasteiger partial charge < -0.3 is 30.1 Å². The molecule has 2 fully saturated rings. The molecule has 2 aromatic rings. The predicted molar refractivity (Wildman–Crippen MR) is 156 cm³/mol. The Bertz CT molecular complexity index is 1370. The van der Waals surface area contributed by atoms with Crippen LogP contribution < -0.4 is 0 Å². The van der Waals surface area contributed by atoms with Crippen LogP contribution in [0.5, 0.6) is 0 Å². The van der Waals surface area contributed by atoms with Crippen LogP contribution in [0, 0.1) is 11.3 Å². The maximum Gasteiger partial charge on any atom is 0.490 e. The van der Waals surface area contributed by atoms with E-state index in [1.807, 2.05) is 24.5 Å². The number of carboxylic acids is 4. The van der Waals surface area contributed by atoms with Gasteiger partial charge in [0.15, 0.2) is 0 Å². The zero-order chi connectivity index (χ0) is 42.1. The topological polar surface area (TPSA) is 191 Å². The molecule has 2 aliphatic rings. The number of likely N-dealkylation sites (tertiary alicyclic amines) is 2. The first kappa shape index (κ1) is 49.2. The molecular formula is C29H32F12N4O9. The number of ether oxygens (including phenoxy) is 1. The summed E-state index contributed by atoms with van der Waals surface area (Å²) in [5.41, 5.74) is 2.68. The lowest BCUT2D eigenvalue weighted by Crippen LogP contribution is -2.36. The van der Waals surface area contributed by atoms with Gasteiger partial charge in [-0.3, -0.25) is 14.9 Å². The van der Waals surface area contributed by atoms with Crippen LogP contribution in [0.4, 0.5) is 52.7 Å². The Morgan fingerprint density at radius 2 is 1.24 bits per heavy atom. The van der Waals surface area contributed by atoms with E-state index in [9.17, 15) is 52.7 Å². The number of aromatic nitrogens is 2. The number of nitrogens with zero attached hydrogens (tertiary/aromatic N) is 4. The highest BCUT2D eigenvalue weighted by Gasteiger charge is 2.49. The van der Waals surface area contributed by atoms with E-state index in [4.69, 9.17) is 44.3 Å². The van der Waals surface area contributed by atoms with Gasteiger partial charge in [-0.1, -0.05) is 12.1 Å². The highest BCUT2D eigenvalue weighted by Crippen LogP contribution is 2.44. The lowest BCUT2D eigenvalue weighted by atomic mass is 9.77. The van der Waals surface area contributed by atoms with Gasteiger partial charge in [-0.05, 0) is 43.8 Å². The number of pyridine rings is 2. The molecule has 4 N–H and O–H groups in total. The van der Waals surface area contributed by atoms with Crippen LogP contribution in [-0.2, 0) is 37.1 Å². The zero-order valence-electron chi connectivity index (χ0n) is 27.5. The quantitative estimate of drug-likeness (QED) is 0.286. The molecule has 306 valence electrons. The smallest absolute Gasteiger partial charge is 0.475 e. The van der Waals surface area contributed by atoms with E-state index in [1.165, 1.54) is 18.7 Å². The number of halogens is 12. The third kappa shape index (κ3) is 19.9. The number of carbonyl (C=O) groups is 4. The Labute approximate surface area is 296 Å². The van der Waals surface area contributed by atoms with Crippen molar-refractivity contribution < 1.29 is 97.0 Å². The van der Waals surface area contributed by atoms with Gasteiger partial charge >= 0.3 is 48.6 Å². The van der Waals surface area contributed by atoms with Gasteiger partial charge in [0.05, 0.1) is 18.9 Å². The molecule has 2 saturated heterocycles. The molecular weight excluding hydrogens is 776 g/mol. The molecule has 0 aromatic carbocycles. The van der Waals surface area contributed by atoms with Gasteiger partial charge in [0.1, 0.15) is 0 Å². The molecule has 4 heterocycles. The zero-order valence-corrected chi connectivity index (χ0v) is 27.5. The Morgan fingerprint density at radius 3 is 1.63 bits per heavy atom. The minimum Gasteiger partial charge on any atom is -0.475 e. The van der Waals surface area contributed by atoms with Crippen molar-refractivity contribution in [2.75, 3.05) is 39.8 Å². The van der Waals surface area contributed by atoms with Crippen molar-refractivity contribution in [3.8, 4) is 0 Å². The monoisotopic (exact) mass is 808 g/mol. The summed E-state index contributed by atoms with van der Waals surface area (Å²) in [5, 5.41) is 28.5. The number of rotatable bonds is 6. The maximum atomic E-state index is 10.6. The number of aliphatic carboxylic acids is 4. The van der Waals surface area contributed by atoms with Crippen molar-refractivity contribution in [3.63, 3.8) is 0 Å². The van der Waals surface area contributed by atoms with Crippen LogP contribution in [-0.4, -0.2) is 129 Å². The summed E-state index contributed by atoms with van der Waals surface area (Å²) in [5.74, 6) is -10.4. The number of carboxylic acid groups (broad SMARTS) is 4. The number of hydrogen-bond acceptors (Lipinski definition) is 9. The minimum absolute atomic E-state index is 0.360. The minimum atomic E-state index is -5.08. The number of alkyl halides is 12. The van der Waals surface area contributed by atoms with Crippen LogP contribution in [0.1, 0.15) is 17.7 Å². The number of hydrogen-bond donors (Lipinski definition) is 4. The second kappa shape index (κ2) is 21.2. The molecule has 2 aliphatic heterocycles. The maximum absolute atomic E-state index is 10.6. The molecule has 0 amide bonds. The normalized spacial score (nSPS) is 18.7. The van der Waals surface area contributed by atoms with Crippen LogP contribution in [0.25, 0.3) is 0 Å². The summed E-state index contributed by atoms with van der Waals surface area (Å²) in [7, 11) is 2.24. The average molecular weight is 809 g/mol. The second-order valence-electron chi connectivity index (χ2n) is 11.1. The van der Waals surface area contributed by atoms with Crippen molar-refractivity contribution in [2.45, 2.75) is 44.3 Å². The van der Waals surface area contributed by atoms with Crippen LogP contribution in [0.3, 0.4) is 0 Å². The SMILES string of the molecule is CN1C[C@@H](COCc2cccnc2)[C@]2(CCN(Cc3ccccn3)C2)C1.O=C(O)C(F)(F)F.O=C(O)C(F)(F)F.O=C(O)C(F)(F)F.O=C(O)C(F)(F)F. The predicted octanol–water partition coefficient (Wildman–Crippen LogP) is 4.98. The van der Waals surface area contributed by atoms with E-state index < -0.39 is 48.6 Å². The van der Waals surface area contributed by atoms with Gasteiger partial charge in [-0.2, -0.15) is 52.7 Å². The first-order valence-electron chi connectivity index (χ1n) is 14.5. The molecule has 54 heavy (non-hydrogen) atoms. The van der Waals surface area contributed by atoms with Crippen molar-refractivity contribution in [1.29, 1.82) is 0 Å². The lowest BCUT2D eigenvalue weighted by molar-refractivity contribution is -0.193. The largest absolute Gasteiger partial charge is 0.490 e. The molecule has 0 saturated carbocycles. The molecule has 0 aliphatic carbocycles. The third-order valence-corrected chi connectivity index (χ3v) is 6.84. The summed E-state index contributed by atoms with van der Waals surface area (Å²) < 4.78 is 133. The van der Waals surface area contributed by atoms with E-state index in [0.29, 0.717) is 17.9 Å². The summed E-state index contributed by atoms with van der Waals surface area (Å²) in [6, 6.07) is 10.2. The second-order valence-corrected chi connectivity index (χ2v) is 11.1. The molecule has 2 aromatic heterocycles. The van der Waals surface area contributed by atoms with E-state index in [-0.39, 0.29) is 0 Å². The van der Waals surface area contributed by atoms with Crippen molar-refractivity contribution >= 4 is 23.9 Å². The van der Waals surface area contributed by atoms with Gasteiger partial charge in [0.25, 0.3) is 0 Å². The third-order valence-electron chi connectivity index (χ3n) is 6.84. The Hall–Kier alpha value is -4.78. The fraction of sp³-hybridized carbons (Fsp3) is 0.517. The lowest BCUT2D eigenvalue weighted by Gasteiger charge is -2.30. The molecule has 4 rings (SSSR count). The Morgan fingerprint density at radius 1 is 0.759 bits per heavy atom. The summed E-state index contributed by atoms with van der Waals surface area (Å²) in [6.45, 7) is 7.05. The molecule has 25 heteroatoms. The van der Waals surface area contributed by atoms with E-state index in [2.05, 4.69) is 45.0 Å². The highest BCUT2D eigenvalue weighted by atomic mass is 19.4.